The maximum Gasteiger partial charge on any atom is 0.0604 e. The van der Waals surface area contributed by atoms with Crippen molar-refractivity contribution in [2.75, 3.05) is 33.0 Å². The van der Waals surface area contributed by atoms with Crippen molar-refractivity contribution in [2.24, 2.45) is 5.92 Å². The molecule has 3 saturated heterocycles. The molecule has 0 radical (unpaired) electrons. The van der Waals surface area contributed by atoms with E-state index in [1.807, 2.05) is 13.8 Å². The van der Waals surface area contributed by atoms with E-state index in [9.17, 15) is 0 Å². The lowest BCUT2D eigenvalue weighted by Crippen LogP contribution is -2.06. The van der Waals surface area contributed by atoms with Crippen LogP contribution in [0.5, 0.6) is 0 Å². The second-order valence-electron chi connectivity index (χ2n) is 5.88. The SMILES string of the molecule is C1CC2CCOC2C1.C1CCOC1.C1CCOCC1.CC. The van der Waals surface area contributed by atoms with Crippen molar-refractivity contribution in [1.82, 2.24) is 0 Å². The predicted octanol–water partition coefficient (Wildman–Crippen LogP) is 4.59. The highest BCUT2D eigenvalue weighted by Gasteiger charge is 2.31. The Morgan fingerprint density at radius 2 is 1.14 bits per heavy atom. The van der Waals surface area contributed by atoms with Crippen LogP contribution in [0.3, 0.4) is 0 Å². The fraction of sp³-hybridized carbons (Fsp3) is 1.00. The van der Waals surface area contributed by atoms with E-state index in [-0.39, 0.29) is 0 Å². The Balaban J connectivity index is 0.000000153. The second-order valence-corrected chi connectivity index (χ2v) is 5.88. The molecule has 4 fully saturated rings. The minimum Gasteiger partial charge on any atom is -0.381 e. The van der Waals surface area contributed by atoms with Gasteiger partial charge in [-0.15, -0.1) is 0 Å². The average molecular weight is 300 g/mol. The van der Waals surface area contributed by atoms with Gasteiger partial charge in [0.2, 0.25) is 0 Å². The predicted molar refractivity (Wildman–Crippen MR) is 87.8 cm³/mol. The monoisotopic (exact) mass is 300 g/mol. The summed E-state index contributed by atoms with van der Waals surface area (Å²) in [5.41, 5.74) is 0. The van der Waals surface area contributed by atoms with Gasteiger partial charge in [0.25, 0.3) is 0 Å². The molecule has 3 heteroatoms. The number of fused-ring (bicyclic) bond motifs is 1. The Kier molecular flexibility index (Phi) is 12.2. The summed E-state index contributed by atoms with van der Waals surface area (Å²) in [6, 6.07) is 0. The molecule has 0 spiro atoms. The first-order valence-corrected chi connectivity index (χ1v) is 9.24. The summed E-state index contributed by atoms with van der Waals surface area (Å²) >= 11 is 0. The number of hydrogen-bond donors (Lipinski definition) is 0. The minimum absolute atomic E-state index is 0.676. The molecule has 0 amide bonds. The Hall–Kier alpha value is -0.120. The van der Waals surface area contributed by atoms with Crippen molar-refractivity contribution >= 4 is 0 Å². The molecule has 2 atom stereocenters. The lowest BCUT2D eigenvalue weighted by Gasteiger charge is -2.08. The second kappa shape index (κ2) is 13.5. The van der Waals surface area contributed by atoms with Crippen LogP contribution in [0.2, 0.25) is 0 Å². The Morgan fingerprint density at radius 1 is 0.571 bits per heavy atom. The van der Waals surface area contributed by atoms with Crippen LogP contribution in [-0.4, -0.2) is 39.1 Å². The smallest absolute Gasteiger partial charge is 0.0604 e. The van der Waals surface area contributed by atoms with Crippen molar-refractivity contribution in [1.29, 1.82) is 0 Å². The molecule has 0 bridgehead atoms. The lowest BCUT2D eigenvalue weighted by molar-refractivity contribution is 0.0968. The molecule has 0 aromatic rings. The van der Waals surface area contributed by atoms with Crippen LogP contribution in [0.25, 0.3) is 0 Å². The lowest BCUT2D eigenvalue weighted by atomic mass is 10.1. The fourth-order valence-corrected chi connectivity index (χ4v) is 3.12. The van der Waals surface area contributed by atoms with Gasteiger partial charge in [0.1, 0.15) is 0 Å². The third-order valence-electron chi connectivity index (χ3n) is 4.31. The van der Waals surface area contributed by atoms with E-state index in [2.05, 4.69) is 0 Å². The molecule has 1 saturated carbocycles. The Bertz CT molecular complexity index is 173. The van der Waals surface area contributed by atoms with E-state index in [4.69, 9.17) is 14.2 Å². The van der Waals surface area contributed by atoms with Gasteiger partial charge < -0.3 is 14.2 Å². The zero-order valence-corrected chi connectivity index (χ0v) is 14.3. The maximum absolute atomic E-state index is 5.48. The average Bonchev–Trinajstić information content (AvgIpc) is 3.31. The molecular formula is C18H36O3. The molecule has 0 N–H and O–H groups in total. The van der Waals surface area contributed by atoms with E-state index in [0.29, 0.717) is 6.10 Å². The van der Waals surface area contributed by atoms with Crippen LogP contribution < -0.4 is 0 Å². The molecule has 21 heavy (non-hydrogen) atoms. The van der Waals surface area contributed by atoms with Gasteiger partial charge in [-0.05, 0) is 57.3 Å². The third kappa shape index (κ3) is 8.80. The molecule has 3 aliphatic heterocycles. The Morgan fingerprint density at radius 3 is 1.57 bits per heavy atom. The topological polar surface area (TPSA) is 27.7 Å². The minimum atomic E-state index is 0.676. The van der Waals surface area contributed by atoms with Gasteiger partial charge >= 0.3 is 0 Å². The first-order valence-electron chi connectivity index (χ1n) is 9.24. The highest BCUT2D eigenvalue weighted by molar-refractivity contribution is 4.81. The van der Waals surface area contributed by atoms with Gasteiger partial charge in [-0.25, -0.2) is 0 Å². The van der Waals surface area contributed by atoms with Gasteiger partial charge in [-0.2, -0.15) is 0 Å². The summed E-state index contributed by atoms with van der Waals surface area (Å²) in [5, 5.41) is 0. The van der Waals surface area contributed by atoms with Crippen molar-refractivity contribution in [2.45, 2.75) is 77.7 Å². The summed E-state index contributed by atoms with van der Waals surface area (Å²) in [4.78, 5) is 0. The maximum atomic E-state index is 5.48. The van der Waals surface area contributed by atoms with Gasteiger partial charge in [0.15, 0.2) is 0 Å². The molecule has 3 heterocycles. The van der Waals surface area contributed by atoms with E-state index >= 15 is 0 Å². The van der Waals surface area contributed by atoms with Crippen molar-refractivity contribution in [3.8, 4) is 0 Å². The van der Waals surface area contributed by atoms with E-state index in [0.717, 1.165) is 39.0 Å². The molecule has 1 aliphatic carbocycles. The van der Waals surface area contributed by atoms with Crippen molar-refractivity contribution < 1.29 is 14.2 Å². The van der Waals surface area contributed by atoms with Crippen LogP contribution >= 0.6 is 0 Å². The first kappa shape index (κ1) is 18.9. The van der Waals surface area contributed by atoms with Gasteiger partial charge in [-0.3, -0.25) is 0 Å². The molecular weight excluding hydrogens is 264 g/mol. The summed E-state index contributed by atoms with van der Waals surface area (Å²) in [6.45, 7) is 9.04. The fourth-order valence-electron chi connectivity index (χ4n) is 3.12. The van der Waals surface area contributed by atoms with Gasteiger partial charge in [-0.1, -0.05) is 20.3 Å². The number of rotatable bonds is 0. The van der Waals surface area contributed by atoms with Crippen LogP contribution in [0.1, 0.15) is 71.6 Å². The Labute approximate surface area is 131 Å². The third-order valence-corrected chi connectivity index (χ3v) is 4.31. The highest BCUT2D eigenvalue weighted by atomic mass is 16.5. The molecule has 4 rings (SSSR count). The van der Waals surface area contributed by atoms with Crippen LogP contribution in [-0.2, 0) is 14.2 Å². The summed E-state index contributed by atoms with van der Waals surface area (Å²) < 4.78 is 15.5. The molecule has 126 valence electrons. The van der Waals surface area contributed by atoms with E-state index in [1.54, 1.807) is 0 Å². The summed E-state index contributed by atoms with van der Waals surface area (Å²) in [7, 11) is 0. The van der Waals surface area contributed by atoms with E-state index < -0.39 is 0 Å². The summed E-state index contributed by atoms with van der Waals surface area (Å²) in [5.74, 6) is 0.954. The normalized spacial score (nSPS) is 30.0. The molecule has 2 unspecified atom stereocenters. The quantitative estimate of drug-likeness (QED) is 0.655. The van der Waals surface area contributed by atoms with Crippen molar-refractivity contribution in [3.63, 3.8) is 0 Å². The standard InChI is InChI=1S/C7H12O.C5H10O.C4H8O.C2H6/c1-2-6-4-5-8-7(6)3-1;1-2-4-6-5-3-1;1-2-4-5-3-1;1-2/h6-7H,1-5H2;1-5H2;1-4H2;1-2H3. The van der Waals surface area contributed by atoms with Crippen LogP contribution in [0, 0.1) is 5.92 Å². The molecule has 0 aromatic carbocycles. The first-order chi connectivity index (χ1) is 10.5. The van der Waals surface area contributed by atoms with Gasteiger partial charge in [0, 0.05) is 33.0 Å². The van der Waals surface area contributed by atoms with Crippen LogP contribution in [0.15, 0.2) is 0 Å². The number of ether oxygens (including phenoxy) is 3. The highest BCUT2D eigenvalue weighted by Crippen LogP contribution is 2.35. The number of hydrogen-bond acceptors (Lipinski definition) is 3. The molecule has 3 nitrogen and oxygen atoms in total. The zero-order chi connectivity index (χ0) is 15.2. The van der Waals surface area contributed by atoms with Crippen LogP contribution in [0.4, 0.5) is 0 Å². The largest absolute Gasteiger partial charge is 0.381 e. The zero-order valence-electron chi connectivity index (χ0n) is 14.3. The van der Waals surface area contributed by atoms with Gasteiger partial charge in [0.05, 0.1) is 6.10 Å². The molecule has 4 aliphatic rings. The van der Waals surface area contributed by atoms with E-state index in [1.165, 1.54) is 57.8 Å². The summed E-state index contributed by atoms with van der Waals surface area (Å²) in [6.07, 6.45) is 12.7. The van der Waals surface area contributed by atoms with Crippen molar-refractivity contribution in [3.05, 3.63) is 0 Å². The molecule has 0 aromatic heterocycles.